The number of hydrogen-bond donors (Lipinski definition) is 2. The molecule has 1 aromatic rings. The van der Waals surface area contributed by atoms with Crippen molar-refractivity contribution < 1.29 is 19.4 Å². The number of ether oxygens (including phenoxy) is 1. The lowest BCUT2D eigenvalue weighted by Gasteiger charge is -2.17. The summed E-state index contributed by atoms with van der Waals surface area (Å²) in [5.74, 6) is -1.81. The lowest BCUT2D eigenvalue weighted by Crippen LogP contribution is -2.38. The number of esters is 1. The Bertz CT molecular complexity index is 556. The van der Waals surface area contributed by atoms with E-state index in [4.69, 9.17) is 28.3 Å². The third kappa shape index (κ3) is 3.88. The molecule has 0 aliphatic heterocycles. The van der Waals surface area contributed by atoms with E-state index in [0.717, 1.165) is 5.56 Å². The highest BCUT2D eigenvalue weighted by atomic mass is 35.5. The van der Waals surface area contributed by atoms with Gasteiger partial charge in [0.25, 0.3) is 0 Å². The topological polar surface area (TPSA) is 75.6 Å². The minimum atomic E-state index is -1.13. The van der Waals surface area contributed by atoms with E-state index in [2.05, 4.69) is 16.6 Å². The molecule has 0 unspecified atom stereocenters. The van der Waals surface area contributed by atoms with Gasteiger partial charge in [-0.25, -0.2) is 4.79 Å². The van der Waals surface area contributed by atoms with Crippen LogP contribution in [0.15, 0.2) is 6.58 Å². The summed E-state index contributed by atoms with van der Waals surface area (Å²) in [6.07, 6.45) is -0.419. The summed E-state index contributed by atoms with van der Waals surface area (Å²) in [6.45, 7) is 5.55. The van der Waals surface area contributed by atoms with Gasteiger partial charge in [-0.3, -0.25) is 4.79 Å². The fraction of sp³-hybridized carbons (Fsp3) is 0.333. The quantitative estimate of drug-likeness (QED) is 0.780. The number of halogens is 2. The summed E-state index contributed by atoms with van der Waals surface area (Å²) in [5.41, 5.74) is 1.09. The van der Waals surface area contributed by atoms with Crippen molar-refractivity contribution >= 4 is 52.2 Å². The van der Waals surface area contributed by atoms with Crippen LogP contribution in [0.25, 0.3) is 5.70 Å². The van der Waals surface area contributed by atoms with Crippen LogP contribution in [0.5, 0.6) is 0 Å². The second-order valence-electron chi connectivity index (χ2n) is 3.94. The molecule has 8 heteroatoms. The summed E-state index contributed by atoms with van der Waals surface area (Å²) in [6, 6.07) is -1.02. The van der Waals surface area contributed by atoms with E-state index in [-0.39, 0.29) is 0 Å². The van der Waals surface area contributed by atoms with Gasteiger partial charge in [0.15, 0.2) is 0 Å². The Hall–Kier alpha value is -1.24. The zero-order valence-electron chi connectivity index (χ0n) is 10.8. The minimum absolute atomic E-state index is 0.373. The van der Waals surface area contributed by atoms with Gasteiger partial charge in [-0.1, -0.05) is 29.8 Å². The minimum Gasteiger partial charge on any atom is -0.481 e. The molecule has 110 valence electrons. The van der Waals surface area contributed by atoms with Gasteiger partial charge in [0.2, 0.25) is 0 Å². The Balaban J connectivity index is 2.93. The predicted octanol–water partition coefficient (Wildman–Crippen LogP) is 2.94. The van der Waals surface area contributed by atoms with Crippen molar-refractivity contribution in [2.45, 2.75) is 19.4 Å². The van der Waals surface area contributed by atoms with Gasteiger partial charge in [-0.05, 0) is 12.5 Å². The third-order valence-corrected chi connectivity index (χ3v) is 4.76. The van der Waals surface area contributed by atoms with Crippen molar-refractivity contribution in [2.75, 3.05) is 7.11 Å². The Morgan fingerprint density at radius 1 is 1.50 bits per heavy atom. The molecule has 0 aliphatic rings. The van der Waals surface area contributed by atoms with Crippen LogP contribution in [0.4, 0.5) is 0 Å². The maximum atomic E-state index is 11.5. The lowest BCUT2D eigenvalue weighted by molar-refractivity contribution is -0.147. The molecule has 5 nitrogen and oxygen atoms in total. The molecule has 0 aliphatic carbocycles. The number of aliphatic carboxylic acids is 1. The van der Waals surface area contributed by atoms with E-state index in [1.807, 2.05) is 0 Å². The van der Waals surface area contributed by atoms with Crippen LogP contribution in [0.2, 0.25) is 9.36 Å². The van der Waals surface area contributed by atoms with Crippen molar-refractivity contribution in [3.63, 3.8) is 0 Å². The van der Waals surface area contributed by atoms with Crippen molar-refractivity contribution in [1.82, 2.24) is 5.32 Å². The third-order valence-electron chi connectivity index (χ3n) is 2.52. The number of hydrogen-bond acceptors (Lipinski definition) is 5. The van der Waals surface area contributed by atoms with Crippen molar-refractivity contribution in [2.24, 2.45) is 0 Å². The van der Waals surface area contributed by atoms with E-state index < -0.39 is 24.4 Å². The molecular weight excluding hydrogens is 325 g/mol. The van der Waals surface area contributed by atoms with E-state index in [1.54, 1.807) is 6.92 Å². The van der Waals surface area contributed by atoms with Crippen LogP contribution in [-0.4, -0.2) is 30.2 Å². The van der Waals surface area contributed by atoms with Gasteiger partial charge in [-0.2, -0.15) is 0 Å². The molecule has 2 N–H and O–H groups in total. The Kier molecular flexibility index (Phi) is 5.86. The van der Waals surface area contributed by atoms with Gasteiger partial charge >= 0.3 is 11.9 Å². The molecule has 0 bridgehead atoms. The standard InChI is InChI=1S/C12H13Cl2NO4S/c1-5-9(13)11(14)20-10(5)6(2)15-7(4-8(16)17)12(18)19-3/h7,15H,2,4H2,1,3H3,(H,16,17)/t7-/m0/s1. The molecule has 0 aromatic carbocycles. The molecule has 0 saturated heterocycles. The molecule has 0 fully saturated rings. The molecule has 1 heterocycles. The molecule has 20 heavy (non-hydrogen) atoms. The molecular formula is C12H13Cl2NO4S. The summed E-state index contributed by atoms with van der Waals surface area (Å²) in [7, 11) is 1.19. The molecule has 0 radical (unpaired) electrons. The Labute approximate surface area is 130 Å². The zero-order chi connectivity index (χ0) is 15.4. The molecule has 1 atom stereocenters. The number of carboxylic acids is 1. The average Bonchev–Trinajstić information content (AvgIpc) is 2.64. The van der Waals surface area contributed by atoms with Crippen LogP contribution in [-0.2, 0) is 14.3 Å². The number of thiophene rings is 1. The summed E-state index contributed by atoms with van der Waals surface area (Å²) >= 11 is 13.1. The number of methoxy groups -OCH3 is 1. The fourth-order valence-corrected chi connectivity index (χ4v) is 3.03. The highest BCUT2D eigenvalue weighted by molar-refractivity contribution is 7.18. The number of carbonyl (C=O) groups excluding carboxylic acids is 1. The maximum Gasteiger partial charge on any atom is 0.328 e. The van der Waals surface area contributed by atoms with Crippen molar-refractivity contribution in [1.29, 1.82) is 0 Å². The summed E-state index contributed by atoms with van der Waals surface area (Å²) in [5, 5.41) is 12.0. The molecule has 1 aromatic heterocycles. The van der Waals surface area contributed by atoms with Crippen LogP contribution in [0.1, 0.15) is 16.9 Å². The van der Waals surface area contributed by atoms with Gasteiger partial charge < -0.3 is 15.2 Å². The first-order valence-corrected chi connectivity index (χ1v) is 7.05. The summed E-state index contributed by atoms with van der Waals surface area (Å²) < 4.78 is 4.97. The SMILES string of the molecule is C=C(N[C@@H](CC(=O)O)C(=O)OC)c1sc(Cl)c(Cl)c1C. The number of nitrogens with one attached hydrogen (secondary N) is 1. The second kappa shape index (κ2) is 6.97. The molecule has 0 amide bonds. The lowest BCUT2D eigenvalue weighted by atomic mass is 10.2. The molecule has 1 rings (SSSR count). The zero-order valence-corrected chi connectivity index (χ0v) is 13.2. The van der Waals surface area contributed by atoms with E-state index in [9.17, 15) is 9.59 Å². The van der Waals surface area contributed by atoms with Crippen LogP contribution < -0.4 is 5.32 Å². The normalized spacial score (nSPS) is 11.8. The number of carbonyl (C=O) groups is 2. The molecule has 0 spiro atoms. The Morgan fingerprint density at radius 3 is 2.50 bits per heavy atom. The van der Waals surface area contributed by atoms with E-state index >= 15 is 0 Å². The predicted molar refractivity (Wildman–Crippen MR) is 79.3 cm³/mol. The van der Waals surface area contributed by atoms with Gasteiger partial charge in [0, 0.05) is 5.70 Å². The van der Waals surface area contributed by atoms with E-state index in [0.29, 0.717) is 19.9 Å². The van der Waals surface area contributed by atoms with Gasteiger partial charge in [0.05, 0.1) is 23.4 Å². The van der Waals surface area contributed by atoms with Crippen molar-refractivity contribution in [3.05, 3.63) is 26.4 Å². The average molecular weight is 338 g/mol. The highest BCUT2D eigenvalue weighted by Crippen LogP contribution is 2.38. The van der Waals surface area contributed by atoms with Gasteiger partial charge in [-0.15, -0.1) is 11.3 Å². The summed E-state index contributed by atoms with van der Waals surface area (Å²) in [4.78, 5) is 23.0. The first-order chi connectivity index (χ1) is 9.27. The Morgan fingerprint density at radius 2 is 2.10 bits per heavy atom. The van der Waals surface area contributed by atoms with Gasteiger partial charge in [0.1, 0.15) is 10.4 Å². The van der Waals surface area contributed by atoms with Crippen molar-refractivity contribution in [3.8, 4) is 0 Å². The van der Waals surface area contributed by atoms with Crippen LogP contribution >= 0.6 is 34.5 Å². The smallest absolute Gasteiger partial charge is 0.328 e. The number of carboxylic acid groups (broad SMARTS) is 1. The number of rotatable bonds is 6. The molecule has 0 saturated carbocycles. The van der Waals surface area contributed by atoms with E-state index in [1.165, 1.54) is 18.4 Å². The maximum absolute atomic E-state index is 11.5. The van der Waals surface area contributed by atoms with Crippen LogP contribution in [0.3, 0.4) is 0 Å². The monoisotopic (exact) mass is 337 g/mol. The largest absolute Gasteiger partial charge is 0.481 e. The fourth-order valence-electron chi connectivity index (χ4n) is 1.53. The van der Waals surface area contributed by atoms with Crippen LogP contribution in [0, 0.1) is 6.92 Å². The first kappa shape index (κ1) is 16.8. The highest BCUT2D eigenvalue weighted by Gasteiger charge is 2.24. The second-order valence-corrected chi connectivity index (χ2v) is 5.94. The first-order valence-electron chi connectivity index (χ1n) is 5.47.